The molecule has 0 spiro atoms. The van der Waals surface area contributed by atoms with Crippen molar-refractivity contribution in [3.8, 4) is 11.3 Å². The number of nitrogens with zero attached hydrogens (tertiary/aromatic N) is 4. The Morgan fingerprint density at radius 1 is 1.27 bits per heavy atom. The van der Waals surface area contributed by atoms with Crippen molar-refractivity contribution >= 4 is 11.9 Å². The van der Waals surface area contributed by atoms with Gasteiger partial charge < -0.3 is 10.0 Å². The third-order valence-corrected chi connectivity index (χ3v) is 2.69. The topological polar surface area (TPSA) is 79.2 Å². The zero-order chi connectivity index (χ0) is 16.3. The summed E-state index contributed by atoms with van der Waals surface area (Å²) in [6.07, 6.45) is -1.82. The number of pyridine rings is 1. The molecule has 0 unspecified atom stereocenters. The molecule has 0 atom stereocenters. The SMILES string of the molecule is CN(CC(=O)O)c1nc(-c2ccncc2)cc(C(F)(F)F)n1. The quantitative estimate of drug-likeness (QED) is 0.931. The van der Waals surface area contributed by atoms with Crippen molar-refractivity contribution < 1.29 is 23.1 Å². The lowest BCUT2D eigenvalue weighted by atomic mass is 10.1. The Bertz CT molecular complexity index is 677. The molecular formula is C13H11F3N4O2. The fourth-order valence-corrected chi connectivity index (χ4v) is 1.69. The largest absolute Gasteiger partial charge is 0.480 e. The van der Waals surface area contributed by atoms with Crippen LogP contribution in [0.1, 0.15) is 5.69 Å². The maximum absolute atomic E-state index is 13.0. The van der Waals surface area contributed by atoms with Crippen molar-refractivity contribution in [2.24, 2.45) is 0 Å². The van der Waals surface area contributed by atoms with Gasteiger partial charge in [-0.05, 0) is 18.2 Å². The van der Waals surface area contributed by atoms with E-state index in [2.05, 4.69) is 15.0 Å². The highest BCUT2D eigenvalue weighted by Gasteiger charge is 2.34. The maximum atomic E-state index is 13.0. The number of alkyl halides is 3. The van der Waals surface area contributed by atoms with Gasteiger partial charge >= 0.3 is 12.1 Å². The molecule has 2 rings (SSSR count). The molecule has 0 aromatic carbocycles. The summed E-state index contributed by atoms with van der Waals surface area (Å²) in [5.74, 6) is -1.52. The number of aromatic nitrogens is 3. The van der Waals surface area contributed by atoms with E-state index < -0.39 is 24.4 Å². The van der Waals surface area contributed by atoms with Crippen LogP contribution >= 0.6 is 0 Å². The van der Waals surface area contributed by atoms with E-state index in [0.717, 1.165) is 11.0 Å². The van der Waals surface area contributed by atoms with E-state index in [9.17, 15) is 18.0 Å². The van der Waals surface area contributed by atoms with Crippen molar-refractivity contribution in [1.82, 2.24) is 15.0 Å². The van der Waals surface area contributed by atoms with Gasteiger partial charge in [-0.2, -0.15) is 13.2 Å². The predicted molar refractivity (Wildman–Crippen MR) is 71.2 cm³/mol. The minimum absolute atomic E-state index is 0.0389. The molecule has 0 fully saturated rings. The molecule has 22 heavy (non-hydrogen) atoms. The van der Waals surface area contributed by atoms with Crippen LogP contribution in [-0.4, -0.2) is 39.6 Å². The number of likely N-dealkylation sites (N-methyl/N-ethyl adjacent to an activating group) is 1. The third kappa shape index (κ3) is 3.68. The average molecular weight is 312 g/mol. The fraction of sp³-hybridized carbons (Fsp3) is 0.231. The number of carbonyl (C=O) groups is 1. The fourth-order valence-electron chi connectivity index (χ4n) is 1.69. The van der Waals surface area contributed by atoms with Gasteiger partial charge in [0.25, 0.3) is 0 Å². The number of hydrogen-bond donors (Lipinski definition) is 1. The Morgan fingerprint density at radius 3 is 2.45 bits per heavy atom. The molecule has 0 amide bonds. The first kappa shape index (κ1) is 15.7. The molecule has 0 saturated carbocycles. The van der Waals surface area contributed by atoms with Gasteiger partial charge in [-0.15, -0.1) is 0 Å². The second kappa shape index (κ2) is 5.96. The van der Waals surface area contributed by atoms with E-state index in [0.29, 0.717) is 5.56 Å². The number of hydrogen-bond acceptors (Lipinski definition) is 5. The molecule has 1 N–H and O–H groups in total. The third-order valence-electron chi connectivity index (χ3n) is 2.69. The normalized spacial score (nSPS) is 11.3. The monoisotopic (exact) mass is 312 g/mol. The van der Waals surface area contributed by atoms with Crippen LogP contribution in [0.25, 0.3) is 11.3 Å². The molecule has 9 heteroatoms. The number of carboxylic acid groups (broad SMARTS) is 1. The molecule has 2 aromatic heterocycles. The summed E-state index contributed by atoms with van der Waals surface area (Å²) in [6.45, 7) is -0.517. The standard InChI is InChI=1S/C13H11F3N4O2/c1-20(7-11(21)22)12-18-9(8-2-4-17-5-3-8)6-10(19-12)13(14,15)16/h2-6H,7H2,1H3,(H,21,22). The molecular weight excluding hydrogens is 301 g/mol. The average Bonchev–Trinajstić information content (AvgIpc) is 2.46. The summed E-state index contributed by atoms with van der Waals surface area (Å²) >= 11 is 0. The van der Waals surface area contributed by atoms with Gasteiger partial charge in [0.15, 0.2) is 5.69 Å². The number of aliphatic carboxylic acids is 1. The molecule has 0 aliphatic carbocycles. The zero-order valence-corrected chi connectivity index (χ0v) is 11.4. The van der Waals surface area contributed by atoms with Crippen LogP contribution in [-0.2, 0) is 11.0 Å². The smallest absolute Gasteiger partial charge is 0.433 e. The molecule has 0 aliphatic heterocycles. The van der Waals surface area contributed by atoms with Crippen molar-refractivity contribution in [1.29, 1.82) is 0 Å². The maximum Gasteiger partial charge on any atom is 0.433 e. The van der Waals surface area contributed by atoms with Gasteiger partial charge in [-0.25, -0.2) is 9.97 Å². The second-order valence-electron chi connectivity index (χ2n) is 4.42. The van der Waals surface area contributed by atoms with Gasteiger partial charge in [-0.1, -0.05) is 0 Å². The zero-order valence-electron chi connectivity index (χ0n) is 11.4. The molecule has 116 valence electrons. The molecule has 0 saturated heterocycles. The van der Waals surface area contributed by atoms with Crippen molar-refractivity contribution in [2.75, 3.05) is 18.5 Å². The van der Waals surface area contributed by atoms with E-state index in [1.807, 2.05) is 0 Å². The lowest BCUT2D eigenvalue weighted by molar-refractivity contribution is -0.141. The summed E-state index contributed by atoms with van der Waals surface area (Å²) in [4.78, 5) is 22.9. The highest BCUT2D eigenvalue weighted by atomic mass is 19.4. The summed E-state index contributed by atoms with van der Waals surface area (Å²) < 4.78 is 38.9. The molecule has 2 heterocycles. The Labute approximate surface area is 123 Å². The minimum atomic E-state index is -4.66. The summed E-state index contributed by atoms with van der Waals surface area (Å²) in [5.41, 5.74) is -0.675. The van der Waals surface area contributed by atoms with Gasteiger partial charge in [-0.3, -0.25) is 9.78 Å². The highest BCUT2D eigenvalue weighted by molar-refractivity contribution is 5.72. The summed E-state index contributed by atoms with van der Waals surface area (Å²) in [5, 5.41) is 8.73. The van der Waals surface area contributed by atoms with Gasteiger partial charge in [0.2, 0.25) is 5.95 Å². The molecule has 0 aliphatic rings. The Hall–Kier alpha value is -2.71. The van der Waals surface area contributed by atoms with E-state index in [4.69, 9.17) is 5.11 Å². The molecule has 0 radical (unpaired) electrons. The van der Waals surface area contributed by atoms with Crippen LogP contribution in [0.15, 0.2) is 30.6 Å². The Kier molecular flexibility index (Phi) is 4.25. The number of halogens is 3. The van der Waals surface area contributed by atoms with Crippen LogP contribution in [0.4, 0.5) is 19.1 Å². The number of carboxylic acids is 1. The first-order valence-electron chi connectivity index (χ1n) is 6.07. The van der Waals surface area contributed by atoms with E-state index in [1.54, 1.807) is 0 Å². The van der Waals surface area contributed by atoms with Gasteiger partial charge in [0.05, 0.1) is 5.69 Å². The molecule has 2 aromatic rings. The second-order valence-corrected chi connectivity index (χ2v) is 4.42. The minimum Gasteiger partial charge on any atom is -0.480 e. The van der Waals surface area contributed by atoms with Crippen molar-refractivity contribution in [3.63, 3.8) is 0 Å². The van der Waals surface area contributed by atoms with E-state index in [-0.39, 0.29) is 11.6 Å². The summed E-state index contributed by atoms with van der Waals surface area (Å²) in [6, 6.07) is 3.82. The van der Waals surface area contributed by atoms with Crippen molar-refractivity contribution in [3.05, 3.63) is 36.3 Å². The Morgan fingerprint density at radius 2 is 1.91 bits per heavy atom. The first-order chi connectivity index (χ1) is 10.3. The Balaban J connectivity index is 2.53. The summed E-state index contributed by atoms with van der Waals surface area (Å²) in [7, 11) is 1.31. The van der Waals surface area contributed by atoms with E-state index in [1.165, 1.54) is 31.6 Å². The van der Waals surface area contributed by atoms with Crippen LogP contribution in [0.5, 0.6) is 0 Å². The van der Waals surface area contributed by atoms with Crippen LogP contribution in [0.2, 0.25) is 0 Å². The van der Waals surface area contributed by atoms with Gasteiger partial charge in [0.1, 0.15) is 6.54 Å². The van der Waals surface area contributed by atoms with Crippen LogP contribution < -0.4 is 4.90 Å². The van der Waals surface area contributed by atoms with Crippen LogP contribution in [0.3, 0.4) is 0 Å². The van der Waals surface area contributed by atoms with E-state index >= 15 is 0 Å². The lowest BCUT2D eigenvalue weighted by Gasteiger charge is -2.17. The van der Waals surface area contributed by atoms with Gasteiger partial charge in [0, 0.05) is 25.0 Å². The number of rotatable bonds is 4. The van der Waals surface area contributed by atoms with Crippen molar-refractivity contribution in [2.45, 2.75) is 6.18 Å². The predicted octanol–water partition coefficient (Wildman–Crippen LogP) is 2.08. The number of anilines is 1. The molecule has 6 nitrogen and oxygen atoms in total. The lowest BCUT2D eigenvalue weighted by Crippen LogP contribution is -2.28. The molecule has 0 bridgehead atoms. The highest BCUT2D eigenvalue weighted by Crippen LogP contribution is 2.31. The van der Waals surface area contributed by atoms with Crippen LogP contribution in [0, 0.1) is 0 Å². The first-order valence-corrected chi connectivity index (χ1v) is 6.07.